The highest BCUT2D eigenvalue weighted by Crippen LogP contribution is 2.35. The first-order chi connectivity index (χ1) is 9.75. The Hall–Kier alpha value is -2.19. The summed E-state index contributed by atoms with van der Waals surface area (Å²) in [7, 11) is 0. The van der Waals surface area contributed by atoms with Gasteiger partial charge in [0.15, 0.2) is 5.78 Å². The number of aromatic nitrogens is 1. The minimum atomic E-state index is 0.0213. The molecule has 2 aromatic carbocycles. The zero-order valence-corrected chi connectivity index (χ0v) is 11.3. The Morgan fingerprint density at radius 2 is 1.95 bits per heavy atom. The summed E-state index contributed by atoms with van der Waals surface area (Å²) < 4.78 is 0. The van der Waals surface area contributed by atoms with E-state index in [0.717, 1.165) is 27.6 Å². The SMILES string of the molecule is O=C1c2ccccc2Cc2c(Cl)cc3cccnc3c21. The largest absolute Gasteiger partial charge is 0.289 e. The molecule has 3 heteroatoms. The number of rotatable bonds is 0. The van der Waals surface area contributed by atoms with Crippen molar-refractivity contribution in [3.8, 4) is 0 Å². The van der Waals surface area contributed by atoms with Crippen LogP contribution in [-0.4, -0.2) is 10.8 Å². The third-order valence-corrected chi connectivity index (χ3v) is 4.14. The van der Waals surface area contributed by atoms with Crippen molar-refractivity contribution in [2.45, 2.75) is 6.42 Å². The third-order valence-electron chi connectivity index (χ3n) is 3.80. The summed E-state index contributed by atoms with van der Waals surface area (Å²) in [5.74, 6) is 0.0213. The average Bonchev–Trinajstić information content (AvgIpc) is 2.48. The van der Waals surface area contributed by atoms with E-state index in [0.29, 0.717) is 17.0 Å². The summed E-state index contributed by atoms with van der Waals surface area (Å²) in [5.41, 5.74) is 4.08. The molecule has 0 unspecified atom stereocenters. The minimum Gasteiger partial charge on any atom is -0.289 e. The van der Waals surface area contributed by atoms with Crippen LogP contribution in [0.15, 0.2) is 48.7 Å². The predicted octanol–water partition coefficient (Wildman–Crippen LogP) is 4.02. The predicted molar refractivity (Wildman–Crippen MR) is 79.4 cm³/mol. The fourth-order valence-corrected chi connectivity index (χ4v) is 3.15. The van der Waals surface area contributed by atoms with Crippen molar-refractivity contribution in [3.63, 3.8) is 0 Å². The zero-order valence-electron chi connectivity index (χ0n) is 10.6. The van der Waals surface area contributed by atoms with Crippen LogP contribution in [0.3, 0.4) is 0 Å². The Morgan fingerprint density at radius 3 is 2.85 bits per heavy atom. The number of hydrogen-bond acceptors (Lipinski definition) is 2. The summed E-state index contributed by atoms with van der Waals surface area (Å²) >= 11 is 6.37. The van der Waals surface area contributed by atoms with Gasteiger partial charge in [-0.3, -0.25) is 9.78 Å². The van der Waals surface area contributed by atoms with Gasteiger partial charge in [0.25, 0.3) is 0 Å². The lowest BCUT2D eigenvalue weighted by Gasteiger charge is -2.20. The summed E-state index contributed by atoms with van der Waals surface area (Å²) in [4.78, 5) is 17.2. The van der Waals surface area contributed by atoms with Crippen LogP contribution in [0, 0.1) is 0 Å². The molecule has 0 radical (unpaired) electrons. The molecule has 0 atom stereocenters. The normalized spacial score (nSPS) is 13.2. The molecule has 1 heterocycles. The van der Waals surface area contributed by atoms with Gasteiger partial charge >= 0.3 is 0 Å². The number of pyridine rings is 1. The van der Waals surface area contributed by atoms with Crippen molar-refractivity contribution in [2.75, 3.05) is 0 Å². The van der Waals surface area contributed by atoms with Gasteiger partial charge in [-0.25, -0.2) is 0 Å². The Bertz CT molecular complexity index is 870. The smallest absolute Gasteiger partial charge is 0.195 e. The lowest BCUT2D eigenvalue weighted by atomic mass is 9.84. The minimum absolute atomic E-state index is 0.0213. The van der Waals surface area contributed by atoms with Gasteiger partial charge in [0.1, 0.15) is 0 Å². The van der Waals surface area contributed by atoms with Crippen molar-refractivity contribution in [3.05, 3.63) is 75.9 Å². The molecule has 4 rings (SSSR count). The molecular formula is C17H10ClNO. The Balaban J connectivity index is 2.11. The average molecular weight is 280 g/mol. The molecule has 1 aliphatic rings. The maximum Gasteiger partial charge on any atom is 0.195 e. The number of fused-ring (bicyclic) bond motifs is 4. The van der Waals surface area contributed by atoms with Gasteiger partial charge in [0.05, 0.1) is 11.1 Å². The molecular weight excluding hydrogens is 270 g/mol. The van der Waals surface area contributed by atoms with Gasteiger partial charge in [-0.15, -0.1) is 0 Å². The number of halogens is 1. The van der Waals surface area contributed by atoms with E-state index in [2.05, 4.69) is 4.98 Å². The van der Waals surface area contributed by atoms with Crippen LogP contribution in [-0.2, 0) is 6.42 Å². The van der Waals surface area contributed by atoms with Gasteiger partial charge < -0.3 is 0 Å². The van der Waals surface area contributed by atoms with E-state index in [9.17, 15) is 4.79 Å². The molecule has 0 fully saturated rings. The maximum atomic E-state index is 12.8. The van der Waals surface area contributed by atoms with Crippen molar-refractivity contribution in [1.29, 1.82) is 0 Å². The van der Waals surface area contributed by atoms with Crippen LogP contribution in [0.25, 0.3) is 10.9 Å². The summed E-state index contributed by atoms with van der Waals surface area (Å²) in [6.07, 6.45) is 2.40. The van der Waals surface area contributed by atoms with E-state index in [1.165, 1.54) is 0 Å². The molecule has 0 N–H and O–H groups in total. The standard InChI is InChI=1S/C17H10ClNO/c18-14-9-11-5-3-7-19-16(11)15-13(14)8-10-4-1-2-6-12(10)17(15)20/h1-7,9H,8H2. The lowest BCUT2D eigenvalue weighted by Crippen LogP contribution is -2.16. The van der Waals surface area contributed by atoms with Crippen LogP contribution in [0.1, 0.15) is 27.0 Å². The molecule has 0 amide bonds. The van der Waals surface area contributed by atoms with Gasteiger partial charge in [-0.05, 0) is 23.3 Å². The Labute approximate surface area is 121 Å². The summed E-state index contributed by atoms with van der Waals surface area (Å²) in [6.45, 7) is 0. The highest BCUT2D eigenvalue weighted by Gasteiger charge is 2.27. The summed E-state index contributed by atoms with van der Waals surface area (Å²) in [5, 5.41) is 1.55. The molecule has 0 saturated heterocycles. The third kappa shape index (κ3) is 1.52. The zero-order chi connectivity index (χ0) is 13.7. The second kappa shape index (κ2) is 4.15. The second-order valence-corrected chi connectivity index (χ2v) is 5.36. The molecule has 20 heavy (non-hydrogen) atoms. The maximum absolute atomic E-state index is 12.8. The van der Waals surface area contributed by atoms with E-state index in [4.69, 9.17) is 11.6 Å². The van der Waals surface area contributed by atoms with E-state index in [1.54, 1.807) is 6.20 Å². The van der Waals surface area contributed by atoms with Gasteiger partial charge in [-0.1, -0.05) is 41.9 Å². The first-order valence-corrected chi connectivity index (χ1v) is 6.82. The topological polar surface area (TPSA) is 30.0 Å². The van der Waals surface area contributed by atoms with Gasteiger partial charge in [-0.2, -0.15) is 0 Å². The molecule has 96 valence electrons. The summed E-state index contributed by atoms with van der Waals surface area (Å²) in [6, 6.07) is 13.4. The van der Waals surface area contributed by atoms with E-state index >= 15 is 0 Å². The Kier molecular flexibility index (Phi) is 2.41. The van der Waals surface area contributed by atoms with Crippen LogP contribution in [0.5, 0.6) is 0 Å². The molecule has 1 aromatic heterocycles. The number of nitrogens with zero attached hydrogens (tertiary/aromatic N) is 1. The van der Waals surface area contributed by atoms with Crippen molar-refractivity contribution >= 4 is 28.3 Å². The van der Waals surface area contributed by atoms with Gasteiger partial charge in [0.2, 0.25) is 0 Å². The molecule has 0 aliphatic heterocycles. The first-order valence-electron chi connectivity index (χ1n) is 6.44. The second-order valence-electron chi connectivity index (χ2n) is 4.95. The van der Waals surface area contributed by atoms with Crippen molar-refractivity contribution in [1.82, 2.24) is 4.98 Å². The first kappa shape index (κ1) is 11.6. The molecule has 1 aliphatic carbocycles. The van der Waals surface area contributed by atoms with Gasteiger partial charge in [0, 0.05) is 28.6 Å². The lowest BCUT2D eigenvalue weighted by molar-refractivity contribution is 0.103. The van der Waals surface area contributed by atoms with E-state index < -0.39 is 0 Å². The van der Waals surface area contributed by atoms with Crippen LogP contribution >= 0.6 is 11.6 Å². The van der Waals surface area contributed by atoms with Crippen LogP contribution in [0.4, 0.5) is 0 Å². The molecule has 2 nitrogen and oxygen atoms in total. The highest BCUT2D eigenvalue weighted by atomic mass is 35.5. The Morgan fingerprint density at radius 1 is 1.10 bits per heavy atom. The quantitative estimate of drug-likeness (QED) is 0.486. The van der Waals surface area contributed by atoms with Crippen molar-refractivity contribution in [2.24, 2.45) is 0 Å². The number of hydrogen-bond donors (Lipinski definition) is 0. The monoisotopic (exact) mass is 279 g/mol. The van der Waals surface area contributed by atoms with E-state index in [1.807, 2.05) is 42.5 Å². The number of benzene rings is 2. The number of ketones is 1. The van der Waals surface area contributed by atoms with Crippen LogP contribution in [0.2, 0.25) is 5.02 Å². The van der Waals surface area contributed by atoms with Crippen LogP contribution < -0.4 is 0 Å². The molecule has 0 spiro atoms. The number of carbonyl (C=O) groups excluding carboxylic acids is 1. The molecule has 0 bridgehead atoms. The van der Waals surface area contributed by atoms with E-state index in [-0.39, 0.29) is 5.78 Å². The highest BCUT2D eigenvalue weighted by molar-refractivity contribution is 6.34. The van der Waals surface area contributed by atoms with Crippen molar-refractivity contribution < 1.29 is 4.79 Å². The molecule has 0 saturated carbocycles. The fourth-order valence-electron chi connectivity index (χ4n) is 2.87. The fraction of sp³-hybridized carbons (Fsp3) is 0.0588. The number of carbonyl (C=O) groups is 1. The molecule has 3 aromatic rings.